The largest absolute Gasteiger partial charge is 0.376 e. The molecule has 0 aliphatic heterocycles. The molecule has 0 saturated carbocycles. The fourth-order valence-electron chi connectivity index (χ4n) is 2.75. The van der Waals surface area contributed by atoms with E-state index in [2.05, 4.69) is 16.4 Å². The summed E-state index contributed by atoms with van der Waals surface area (Å²) in [6.07, 6.45) is 3.17. The fraction of sp³-hybridized carbons (Fsp3) is 0.294. The number of para-hydroxylation sites is 2. The number of nitrogens with zero attached hydrogens (tertiary/aromatic N) is 3. The predicted molar refractivity (Wildman–Crippen MR) is 85.0 cm³/mol. The lowest BCUT2D eigenvalue weighted by molar-refractivity contribution is 0.900. The maximum Gasteiger partial charge on any atom is 0.148 e. The van der Waals surface area contributed by atoms with Gasteiger partial charge in [0.25, 0.3) is 0 Å². The van der Waals surface area contributed by atoms with Crippen molar-refractivity contribution in [1.29, 1.82) is 5.26 Å². The Labute approximate surface area is 125 Å². The molecule has 4 heteroatoms. The second-order valence-electron chi connectivity index (χ2n) is 5.49. The molecule has 0 saturated heterocycles. The van der Waals surface area contributed by atoms with Crippen molar-refractivity contribution in [1.82, 2.24) is 4.98 Å². The summed E-state index contributed by atoms with van der Waals surface area (Å²) in [4.78, 5) is 6.71. The van der Waals surface area contributed by atoms with Gasteiger partial charge in [0.15, 0.2) is 0 Å². The molecule has 2 aromatic rings. The minimum absolute atomic E-state index is 0.615. The molecule has 1 aromatic carbocycles. The van der Waals surface area contributed by atoms with E-state index < -0.39 is 0 Å². The molecular formula is C17H18N4. The Morgan fingerprint density at radius 2 is 2.05 bits per heavy atom. The van der Waals surface area contributed by atoms with E-state index in [1.54, 1.807) is 0 Å². The van der Waals surface area contributed by atoms with E-state index in [0.717, 1.165) is 36.3 Å². The average Bonchev–Trinajstić information content (AvgIpc) is 2.94. The molecule has 21 heavy (non-hydrogen) atoms. The van der Waals surface area contributed by atoms with Crippen LogP contribution in [0.5, 0.6) is 0 Å². The fourth-order valence-corrected chi connectivity index (χ4v) is 2.75. The standard InChI is InChI=1S/C17H18N4/c1-21(2)16-9-4-3-7-15(16)20-17-13(11-18)10-12-6-5-8-14(12)19-17/h3-4,7,9-10H,5-6,8H2,1-2H3,(H,19,20). The van der Waals surface area contributed by atoms with Crippen LogP contribution in [0.2, 0.25) is 0 Å². The number of fused-ring (bicyclic) bond motifs is 1. The van der Waals surface area contributed by atoms with Crippen LogP contribution in [-0.2, 0) is 12.8 Å². The lowest BCUT2D eigenvalue weighted by atomic mass is 10.1. The van der Waals surface area contributed by atoms with E-state index in [4.69, 9.17) is 0 Å². The molecule has 0 radical (unpaired) electrons. The summed E-state index contributed by atoms with van der Waals surface area (Å²) < 4.78 is 0. The molecule has 0 spiro atoms. The number of pyridine rings is 1. The molecule has 3 rings (SSSR count). The molecule has 0 fully saturated rings. The van der Waals surface area contributed by atoms with Crippen LogP contribution in [0.25, 0.3) is 0 Å². The average molecular weight is 278 g/mol. The molecule has 1 aliphatic rings. The lowest BCUT2D eigenvalue weighted by Gasteiger charge is -2.18. The quantitative estimate of drug-likeness (QED) is 0.936. The third kappa shape index (κ3) is 2.55. The highest BCUT2D eigenvalue weighted by Gasteiger charge is 2.17. The summed E-state index contributed by atoms with van der Waals surface area (Å²) in [5.74, 6) is 0.660. The van der Waals surface area contributed by atoms with Gasteiger partial charge in [0, 0.05) is 19.8 Å². The number of benzene rings is 1. The monoisotopic (exact) mass is 278 g/mol. The molecule has 1 heterocycles. The van der Waals surface area contributed by atoms with E-state index in [1.165, 1.54) is 5.56 Å². The molecular weight excluding hydrogens is 260 g/mol. The third-order valence-electron chi connectivity index (χ3n) is 3.81. The second-order valence-corrected chi connectivity index (χ2v) is 5.49. The van der Waals surface area contributed by atoms with Crippen LogP contribution in [-0.4, -0.2) is 19.1 Å². The van der Waals surface area contributed by atoms with Crippen LogP contribution in [0.1, 0.15) is 23.2 Å². The van der Waals surface area contributed by atoms with Gasteiger partial charge >= 0.3 is 0 Å². The number of nitrogens with one attached hydrogen (secondary N) is 1. The number of hydrogen-bond acceptors (Lipinski definition) is 4. The smallest absolute Gasteiger partial charge is 0.148 e. The maximum absolute atomic E-state index is 9.37. The van der Waals surface area contributed by atoms with Gasteiger partial charge in [-0.25, -0.2) is 4.98 Å². The highest BCUT2D eigenvalue weighted by Crippen LogP contribution is 2.30. The number of rotatable bonds is 3. The summed E-state index contributed by atoms with van der Waals surface area (Å²) in [5, 5.41) is 12.7. The van der Waals surface area contributed by atoms with Crippen molar-refractivity contribution in [2.45, 2.75) is 19.3 Å². The number of aromatic nitrogens is 1. The van der Waals surface area contributed by atoms with Gasteiger partial charge in [-0.15, -0.1) is 0 Å². The molecule has 1 aromatic heterocycles. The Bertz CT molecular complexity index is 713. The minimum atomic E-state index is 0.615. The summed E-state index contributed by atoms with van der Waals surface area (Å²) >= 11 is 0. The van der Waals surface area contributed by atoms with E-state index in [-0.39, 0.29) is 0 Å². The molecule has 0 unspecified atom stereocenters. The highest BCUT2D eigenvalue weighted by molar-refractivity contribution is 5.75. The topological polar surface area (TPSA) is 52.0 Å². The Kier molecular flexibility index (Phi) is 3.49. The zero-order valence-corrected chi connectivity index (χ0v) is 12.3. The molecule has 1 aliphatic carbocycles. The van der Waals surface area contributed by atoms with Gasteiger partial charge in [-0.05, 0) is 43.0 Å². The first-order chi connectivity index (χ1) is 10.2. The van der Waals surface area contributed by atoms with Gasteiger partial charge in [0.2, 0.25) is 0 Å². The summed E-state index contributed by atoms with van der Waals surface area (Å²) in [6.45, 7) is 0. The van der Waals surface area contributed by atoms with Gasteiger partial charge in [-0.3, -0.25) is 0 Å². The van der Waals surface area contributed by atoms with Crippen LogP contribution < -0.4 is 10.2 Å². The van der Waals surface area contributed by atoms with Crippen molar-refractivity contribution in [2.75, 3.05) is 24.3 Å². The molecule has 0 amide bonds. The van der Waals surface area contributed by atoms with E-state index in [9.17, 15) is 5.26 Å². The second kappa shape index (κ2) is 5.45. The van der Waals surface area contributed by atoms with Gasteiger partial charge in [-0.2, -0.15) is 5.26 Å². The predicted octanol–water partition coefficient (Wildman–Crippen LogP) is 3.25. The third-order valence-corrected chi connectivity index (χ3v) is 3.81. The molecule has 0 atom stereocenters. The van der Waals surface area contributed by atoms with E-state index in [1.807, 2.05) is 49.3 Å². The highest BCUT2D eigenvalue weighted by atomic mass is 15.1. The molecule has 4 nitrogen and oxygen atoms in total. The van der Waals surface area contributed by atoms with E-state index >= 15 is 0 Å². The minimum Gasteiger partial charge on any atom is -0.376 e. The Morgan fingerprint density at radius 1 is 1.24 bits per heavy atom. The van der Waals surface area contributed by atoms with Gasteiger partial charge < -0.3 is 10.2 Å². The number of anilines is 3. The SMILES string of the molecule is CN(C)c1ccccc1Nc1nc2c(cc1C#N)CCC2. The van der Waals surface area contributed by atoms with Crippen LogP contribution >= 0.6 is 0 Å². The van der Waals surface area contributed by atoms with E-state index in [0.29, 0.717) is 11.4 Å². The normalized spacial score (nSPS) is 12.6. The zero-order chi connectivity index (χ0) is 14.8. The van der Waals surface area contributed by atoms with Gasteiger partial charge in [0.05, 0.1) is 16.9 Å². The van der Waals surface area contributed by atoms with Crippen molar-refractivity contribution >= 4 is 17.2 Å². The first kappa shape index (κ1) is 13.4. The summed E-state index contributed by atoms with van der Waals surface area (Å²) in [6, 6.07) is 12.3. The summed E-state index contributed by atoms with van der Waals surface area (Å²) in [5.41, 5.74) is 4.99. The van der Waals surface area contributed by atoms with Crippen molar-refractivity contribution in [3.05, 3.63) is 47.2 Å². The van der Waals surface area contributed by atoms with Crippen LogP contribution in [0.15, 0.2) is 30.3 Å². The summed E-state index contributed by atoms with van der Waals surface area (Å²) in [7, 11) is 4.00. The maximum atomic E-state index is 9.37. The Morgan fingerprint density at radius 3 is 2.81 bits per heavy atom. The van der Waals surface area contributed by atoms with Crippen LogP contribution in [0.3, 0.4) is 0 Å². The zero-order valence-electron chi connectivity index (χ0n) is 12.3. The van der Waals surface area contributed by atoms with Crippen LogP contribution in [0.4, 0.5) is 17.2 Å². The van der Waals surface area contributed by atoms with Gasteiger partial charge in [-0.1, -0.05) is 12.1 Å². The van der Waals surface area contributed by atoms with Crippen molar-refractivity contribution < 1.29 is 0 Å². The molecule has 106 valence electrons. The Hall–Kier alpha value is -2.54. The van der Waals surface area contributed by atoms with Gasteiger partial charge in [0.1, 0.15) is 11.9 Å². The molecule has 1 N–H and O–H groups in total. The lowest BCUT2D eigenvalue weighted by Crippen LogP contribution is -2.11. The van der Waals surface area contributed by atoms with Crippen molar-refractivity contribution in [3.63, 3.8) is 0 Å². The van der Waals surface area contributed by atoms with Crippen LogP contribution in [0, 0.1) is 11.3 Å². The first-order valence-corrected chi connectivity index (χ1v) is 7.15. The first-order valence-electron chi connectivity index (χ1n) is 7.15. The van der Waals surface area contributed by atoms with Crippen molar-refractivity contribution in [2.24, 2.45) is 0 Å². The number of nitriles is 1. The van der Waals surface area contributed by atoms with Crippen molar-refractivity contribution in [3.8, 4) is 6.07 Å². The molecule has 0 bridgehead atoms. The number of hydrogen-bond donors (Lipinski definition) is 1. The number of aryl methyl sites for hydroxylation is 2. The Balaban J connectivity index is 2.01.